The largest absolute Gasteiger partial charge is 0.416 e. The van der Waals surface area contributed by atoms with Gasteiger partial charge in [0.05, 0.1) is 6.10 Å². The Labute approximate surface area is 207 Å². The van der Waals surface area contributed by atoms with E-state index in [1.54, 1.807) is 0 Å². The number of halogens is 3. The molecule has 34 heavy (non-hydrogen) atoms. The van der Waals surface area contributed by atoms with E-state index in [1.165, 1.54) is 32.1 Å². The minimum atomic E-state index is -4.55. The van der Waals surface area contributed by atoms with Crippen molar-refractivity contribution < 1.29 is 23.4 Å². The summed E-state index contributed by atoms with van der Waals surface area (Å²) in [5, 5.41) is 20.0. The van der Waals surface area contributed by atoms with Crippen LogP contribution in [0.3, 0.4) is 0 Å². The Morgan fingerprint density at radius 3 is 2.03 bits per heavy atom. The van der Waals surface area contributed by atoms with E-state index < -0.39 is 11.8 Å². The van der Waals surface area contributed by atoms with Gasteiger partial charge in [-0.2, -0.15) is 13.2 Å². The number of fused-ring (bicyclic) bond motifs is 5. The van der Waals surface area contributed by atoms with Gasteiger partial charge in [0, 0.05) is 0 Å². The van der Waals surface area contributed by atoms with Crippen LogP contribution in [0, 0.1) is 40.4 Å². The van der Waals surface area contributed by atoms with E-state index in [0.717, 1.165) is 50.9 Å². The first-order valence-corrected chi connectivity index (χ1v) is 14.4. The highest BCUT2D eigenvalue weighted by atomic mass is 19.4. The van der Waals surface area contributed by atoms with Gasteiger partial charge in [0.2, 0.25) is 0 Å². The number of hydrogen-bond donors (Lipinski definition) is 2. The highest BCUT2D eigenvalue weighted by Gasteiger charge is 2.60. The first-order chi connectivity index (χ1) is 15.9. The molecule has 4 rings (SSSR count). The van der Waals surface area contributed by atoms with Crippen LogP contribution in [0.2, 0.25) is 0 Å². The van der Waals surface area contributed by atoms with Gasteiger partial charge in [-0.15, -0.1) is 0 Å². The molecule has 0 radical (unpaired) electrons. The lowest BCUT2D eigenvalue weighted by Gasteiger charge is -2.61. The predicted octanol–water partition coefficient (Wildman–Crippen LogP) is 8.54. The molecule has 0 spiro atoms. The number of aliphatic hydroxyl groups excluding tert-OH is 1. The van der Waals surface area contributed by atoms with Crippen LogP contribution in [0.25, 0.3) is 0 Å². The third-order valence-corrected chi connectivity index (χ3v) is 10.7. The highest BCUT2D eigenvalue weighted by Crippen LogP contribution is 2.68. The van der Waals surface area contributed by atoms with Crippen LogP contribution in [0.1, 0.15) is 126 Å². The van der Waals surface area contributed by atoms with Crippen molar-refractivity contribution in [2.75, 3.05) is 0 Å². The highest BCUT2D eigenvalue weighted by molar-refractivity contribution is 5.09. The molecule has 0 amide bonds. The summed E-state index contributed by atoms with van der Waals surface area (Å²) in [6.45, 7) is 13.8. The van der Waals surface area contributed by atoms with Crippen LogP contribution in [0.15, 0.2) is 0 Å². The van der Waals surface area contributed by atoms with Gasteiger partial charge in [-0.25, -0.2) is 0 Å². The summed E-state index contributed by atoms with van der Waals surface area (Å²) >= 11 is 0. The van der Waals surface area contributed by atoms with Crippen molar-refractivity contribution in [3.63, 3.8) is 0 Å². The molecule has 9 atom stereocenters. The topological polar surface area (TPSA) is 40.5 Å². The Kier molecular flexibility index (Phi) is 10.0. The number of rotatable bonds is 4. The molecule has 4 aliphatic carbocycles. The summed E-state index contributed by atoms with van der Waals surface area (Å²) in [6, 6.07) is 0. The molecule has 0 saturated heterocycles. The van der Waals surface area contributed by atoms with Crippen LogP contribution in [0.5, 0.6) is 0 Å². The smallest absolute Gasteiger partial charge is 0.393 e. The summed E-state index contributed by atoms with van der Waals surface area (Å²) in [5.41, 5.74) is -1.95. The molecule has 0 aliphatic heterocycles. The standard InChI is InChI=1S/C25H41F3O2.2C2H6/c1-22-14-11-21-19(8-6-17-15-18(29)10-13-23(17,21)2)20(22)9-7-16(22)5-4-12-24(3,30)25(26,27)28;2*1-2/h16-21,29-30H,4-15H2,1-3H3;2*1-2H3/t16?,17?,18?,19?,20?,21?,22?,23?,24-;;/m1../s1. The van der Waals surface area contributed by atoms with Crippen molar-refractivity contribution in [3.8, 4) is 0 Å². The Bertz CT molecular complexity index is 633. The number of alkyl halides is 3. The van der Waals surface area contributed by atoms with Gasteiger partial charge < -0.3 is 10.2 Å². The second kappa shape index (κ2) is 11.4. The van der Waals surface area contributed by atoms with E-state index in [2.05, 4.69) is 13.8 Å². The van der Waals surface area contributed by atoms with E-state index in [9.17, 15) is 23.4 Å². The molecule has 202 valence electrons. The zero-order chi connectivity index (χ0) is 25.9. The molecule has 0 aromatic carbocycles. The van der Waals surface area contributed by atoms with E-state index in [0.29, 0.717) is 29.6 Å². The van der Waals surface area contributed by atoms with Crippen molar-refractivity contribution in [1.29, 1.82) is 0 Å². The van der Waals surface area contributed by atoms with Gasteiger partial charge in [-0.1, -0.05) is 41.5 Å². The Morgan fingerprint density at radius 2 is 1.41 bits per heavy atom. The van der Waals surface area contributed by atoms with E-state index in [4.69, 9.17) is 0 Å². The first-order valence-electron chi connectivity index (χ1n) is 14.4. The fourth-order valence-corrected chi connectivity index (χ4v) is 8.65. The lowest BCUT2D eigenvalue weighted by Crippen LogP contribution is -2.53. The molecule has 0 aromatic rings. The molecule has 0 heterocycles. The molecule has 0 bridgehead atoms. The SMILES string of the molecule is CC.CC.CC12CCC3C(CCC4CC(O)CCC43C)C1CCC2CCC[C@@](C)(O)C(F)(F)F. The van der Waals surface area contributed by atoms with Crippen molar-refractivity contribution in [3.05, 3.63) is 0 Å². The normalized spacial score (nSPS) is 43.1. The Morgan fingerprint density at radius 1 is 0.824 bits per heavy atom. The van der Waals surface area contributed by atoms with Gasteiger partial charge in [-0.05, 0) is 124 Å². The fraction of sp³-hybridized carbons (Fsp3) is 1.00. The maximum Gasteiger partial charge on any atom is 0.416 e. The van der Waals surface area contributed by atoms with Gasteiger partial charge in [-0.3, -0.25) is 0 Å². The van der Waals surface area contributed by atoms with Crippen LogP contribution in [0.4, 0.5) is 13.2 Å². The summed E-state index contributed by atoms with van der Waals surface area (Å²) in [5.74, 6) is 3.36. The van der Waals surface area contributed by atoms with Crippen LogP contribution in [-0.4, -0.2) is 28.1 Å². The molecule has 2 nitrogen and oxygen atoms in total. The van der Waals surface area contributed by atoms with E-state index in [1.807, 2.05) is 27.7 Å². The fourth-order valence-electron chi connectivity index (χ4n) is 8.65. The second-order valence-corrected chi connectivity index (χ2v) is 12.1. The molecule has 5 heteroatoms. The van der Waals surface area contributed by atoms with Crippen LogP contribution < -0.4 is 0 Å². The van der Waals surface area contributed by atoms with Crippen molar-refractivity contribution in [2.24, 2.45) is 40.4 Å². The number of hydrogen-bond acceptors (Lipinski definition) is 2. The molecule has 4 fully saturated rings. The number of aliphatic hydroxyl groups is 2. The average Bonchev–Trinajstić information content (AvgIpc) is 3.12. The lowest BCUT2D eigenvalue weighted by atomic mass is 9.44. The third-order valence-electron chi connectivity index (χ3n) is 10.7. The maximum absolute atomic E-state index is 13.0. The van der Waals surface area contributed by atoms with E-state index in [-0.39, 0.29) is 17.9 Å². The van der Waals surface area contributed by atoms with Gasteiger partial charge >= 0.3 is 6.18 Å². The maximum atomic E-state index is 13.0. The second-order valence-electron chi connectivity index (χ2n) is 12.1. The summed E-state index contributed by atoms with van der Waals surface area (Å²) < 4.78 is 39.0. The molecule has 0 aromatic heterocycles. The zero-order valence-electron chi connectivity index (χ0n) is 23.0. The monoisotopic (exact) mass is 490 g/mol. The quantitative estimate of drug-likeness (QED) is 0.414. The summed E-state index contributed by atoms with van der Waals surface area (Å²) in [4.78, 5) is 0. The van der Waals surface area contributed by atoms with Crippen molar-refractivity contribution >= 4 is 0 Å². The Balaban J connectivity index is 0.000000970. The molecule has 4 saturated carbocycles. The third kappa shape index (κ3) is 5.50. The van der Waals surface area contributed by atoms with Gasteiger partial charge in [0.25, 0.3) is 0 Å². The van der Waals surface area contributed by atoms with Crippen molar-refractivity contribution in [1.82, 2.24) is 0 Å². The molecular weight excluding hydrogens is 437 g/mol. The minimum Gasteiger partial charge on any atom is -0.393 e. The molecular formula is C29H53F3O2. The minimum absolute atomic E-state index is 0.113. The lowest BCUT2D eigenvalue weighted by molar-refractivity contribution is -0.255. The summed E-state index contributed by atoms with van der Waals surface area (Å²) in [7, 11) is 0. The Hall–Kier alpha value is -0.290. The van der Waals surface area contributed by atoms with Gasteiger partial charge in [0.15, 0.2) is 5.60 Å². The first kappa shape index (κ1) is 29.9. The molecule has 8 unspecified atom stereocenters. The predicted molar refractivity (Wildman–Crippen MR) is 134 cm³/mol. The van der Waals surface area contributed by atoms with Crippen LogP contribution in [-0.2, 0) is 0 Å². The van der Waals surface area contributed by atoms with Crippen molar-refractivity contribution in [2.45, 2.75) is 143 Å². The molecule has 4 aliphatic rings. The average molecular weight is 491 g/mol. The zero-order valence-corrected chi connectivity index (χ0v) is 23.0. The molecule has 2 N–H and O–H groups in total. The van der Waals surface area contributed by atoms with E-state index >= 15 is 0 Å². The van der Waals surface area contributed by atoms with Gasteiger partial charge in [0.1, 0.15) is 0 Å². The van der Waals surface area contributed by atoms with Crippen LogP contribution >= 0.6 is 0 Å². The summed E-state index contributed by atoms with van der Waals surface area (Å²) in [6.07, 6.45) is 6.79.